The van der Waals surface area contributed by atoms with E-state index in [-0.39, 0.29) is 45.2 Å². The van der Waals surface area contributed by atoms with Crippen LogP contribution < -0.4 is 5.56 Å². The maximum atomic E-state index is 14.5. The first-order chi connectivity index (χ1) is 15.7. The van der Waals surface area contributed by atoms with E-state index in [1.807, 2.05) is 0 Å². The Morgan fingerprint density at radius 1 is 0.970 bits per heavy atom. The minimum atomic E-state index is -2.05. The molecule has 2 aromatic carbocycles. The summed E-state index contributed by atoms with van der Waals surface area (Å²) in [6, 6.07) is 3.63. The molecular formula is C22H14F5N3O3. The number of carbonyl (C=O) groups is 1. The number of fused-ring (bicyclic) bond motifs is 4. The summed E-state index contributed by atoms with van der Waals surface area (Å²) in [7, 11) is 1.36. The summed E-state index contributed by atoms with van der Waals surface area (Å²) in [5, 5.41) is -0.0321. The number of alkyl halides is 1. The van der Waals surface area contributed by atoms with Crippen LogP contribution in [0.5, 0.6) is 0 Å². The highest BCUT2D eigenvalue weighted by atomic mass is 19.2. The van der Waals surface area contributed by atoms with Crippen molar-refractivity contribution < 1.29 is 31.5 Å². The molecule has 1 aliphatic rings. The molecule has 0 bridgehead atoms. The fourth-order valence-corrected chi connectivity index (χ4v) is 4.12. The summed E-state index contributed by atoms with van der Waals surface area (Å²) in [5.41, 5.74) is -0.931. The molecule has 0 unspecified atom stereocenters. The topological polar surface area (TPSA) is 78.2 Å². The molecule has 2 aromatic heterocycles. The van der Waals surface area contributed by atoms with Crippen LogP contribution in [0.2, 0.25) is 0 Å². The quantitative estimate of drug-likeness (QED) is 0.434. The number of ether oxygens (including phenoxy) is 1. The number of nitrogens with zero attached hydrogens (tertiary/aromatic N) is 1. The van der Waals surface area contributed by atoms with Crippen LogP contribution in [0, 0.1) is 23.3 Å². The molecule has 0 spiro atoms. The van der Waals surface area contributed by atoms with Gasteiger partial charge in [-0.15, -0.1) is 0 Å². The number of likely N-dealkylation sites (N-methyl/N-ethyl adjacent to an activating group) is 1. The zero-order chi connectivity index (χ0) is 23.6. The molecule has 11 heteroatoms. The number of halogens is 5. The summed E-state index contributed by atoms with van der Waals surface area (Å²) in [6.45, 7) is -0.347. The van der Waals surface area contributed by atoms with Gasteiger partial charge in [-0.25, -0.2) is 22.0 Å². The lowest BCUT2D eigenvalue weighted by molar-refractivity contribution is -0.0771. The Kier molecular flexibility index (Phi) is 4.74. The molecule has 5 rings (SSSR count). The summed E-state index contributed by atoms with van der Waals surface area (Å²) in [5.74, 6) is -5.32. The number of amides is 1. The first-order valence-corrected chi connectivity index (χ1v) is 9.71. The molecule has 4 aromatic rings. The van der Waals surface area contributed by atoms with E-state index < -0.39 is 47.1 Å². The second kappa shape index (κ2) is 7.41. The first kappa shape index (κ1) is 21.1. The number of rotatable bonds is 2. The molecule has 0 aliphatic carbocycles. The third-order valence-electron chi connectivity index (χ3n) is 5.77. The summed E-state index contributed by atoms with van der Waals surface area (Å²) < 4.78 is 74.4. The van der Waals surface area contributed by atoms with E-state index in [1.165, 1.54) is 13.1 Å². The molecule has 0 radical (unpaired) electrons. The third kappa shape index (κ3) is 3.27. The van der Waals surface area contributed by atoms with Crippen LogP contribution in [-0.2, 0) is 4.74 Å². The third-order valence-corrected chi connectivity index (χ3v) is 5.77. The van der Waals surface area contributed by atoms with Crippen LogP contribution in [0.1, 0.15) is 34.1 Å². The number of H-pyrrole nitrogens is 2. The van der Waals surface area contributed by atoms with Gasteiger partial charge in [-0.1, -0.05) is 0 Å². The smallest absolute Gasteiger partial charge is 0.270 e. The Balaban J connectivity index is 1.63. The van der Waals surface area contributed by atoms with Crippen molar-refractivity contribution in [2.75, 3.05) is 13.7 Å². The number of hydrogen-bond donors (Lipinski definition) is 2. The van der Waals surface area contributed by atoms with Crippen LogP contribution in [0.15, 0.2) is 35.1 Å². The number of aromatic nitrogens is 2. The molecule has 1 aliphatic heterocycles. The molecule has 2 atom stereocenters. The number of nitrogens with one attached hydrogen (secondary N) is 2. The van der Waals surface area contributed by atoms with Gasteiger partial charge < -0.3 is 19.6 Å². The van der Waals surface area contributed by atoms with E-state index in [0.29, 0.717) is 6.07 Å². The van der Waals surface area contributed by atoms with Crippen molar-refractivity contribution in [2.45, 2.75) is 12.4 Å². The molecular weight excluding hydrogens is 449 g/mol. The van der Waals surface area contributed by atoms with Gasteiger partial charge >= 0.3 is 0 Å². The van der Waals surface area contributed by atoms with E-state index in [2.05, 4.69) is 9.97 Å². The molecule has 2 N–H and O–H groups in total. The molecule has 0 saturated heterocycles. The Labute approximate surface area is 181 Å². The Morgan fingerprint density at radius 2 is 1.61 bits per heavy atom. The minimum Gasteiger partial charge on any atom is -0.350 e. The van der Waals surface area contributed by atoms with Crippen LogP contribution in [-0.4, -0.2) is 34.4 Å². The number of hydrogen-bond acceptors (Lipinski definition) is 3. The van der Waals surface area contributed by atoms with Gasteiger partial charge in [0.1, 0.15) is 5.69 Å². The zero-order valence-corrected chi connectivity index (χ0v) is 16.8. The predicted molar refractivity (Wildman–Crippen MR) is 107 cm³/mol. The second-order valence-corrected chi connectivity index (χ2v) is 7.71. The van der Waals surface area contributed by atoms with Crippen LogP contribution >= 0.6 is 0 Å². The standard InChI is InChI=1S/C22H14F5N3O3/c1-30(22(32)16-3-8-2-11(23)14(26)6-15(8)28-16)17-7-33-20(27)19-18(17)9-4-12(24)13(25)5-10(9)21(31)29-19/h2-6,17,20,28H,7H2,1H3,(H,29,31)/t17-,20-/m1/s1. The first-order valence-electron chi connectivity index (χ1n) is 9.71. The van der Waals surface area contributed by atoms with Gasteiger partial charge in [0.2, 0.25) is 6.36 Å². The Morgan fingerprint density at radius 3 is 2.33 bits per heavy atom. The summed E-state index contributed by atoms with van der Waals surface area (Å²) in [6.07, 6.45) is -2.05. The van der Waals surface area contributed by atoms with E-state index in [0.717, 1.165) is 23.1 Å². The van der Waals surface area contributed by atoms with Crippen molar-refractivity contribution in [3.8, 4) is 0 Å². The fraction of sp³-hybridized carbons (Fsp3) is 0.182. The molecule has 0 saturated carbocycles. The highest BCUT2D eigenvalue weighted by molar-refractivity contribution is 5.98. The van der Waals surface area contributed by atoms with Gasteiger partial charge in [-0.3, -0.25) is 9.59 Å². The lowest BCUT2D eigenvalue weighted by atomic mass is 9.95. The Bertz CT molecular complexity index is 1470. The average Bonchev–Trinajstić information content (AvgIpc) is 3.18. The van der Waals surface area contributed by atoms with Gasteiger partial charge in [0.05, 0.1) is 23.7 Å². The predicted octanol–water partition coefficient (Wildman–Crippen LogP) is 4.38. The van der Waals surface area contributed by atoms with Gasteiger partial charge in [0.25, 0.3) is 11.5 Å². The van der Waals surface area contributed by atoms with E-state index in [4.69, 9.17) is 4.74 Å². The number of benzene rings is 2. The summed E-state index contributed by atoms with van der Waals surface area (Å²) >= 11 is 0. The largest absolute Gasteiger partial charge is 0.350 e. The van der Waals surface area contributed by atoms with E-state index in [9.17, 15) is 31.5 Å². The maximum Gasteiger partial charge on any atom is 0.270 e. The SMILES string of the molecule is CN(C(=O)c1cc2cc(F)c(F)cc2[nH]1)[C@@H]1CO[C@@H](F)c2[nH]c(=O)c3cc(F)c(F)cc3c21. The van der Waals surface area contributed by atoms with E-state index >= 15 is 0 Å². The number of pyridine rings is 1. The summed E-state index contributed by atoms with van der Waals surface area (Å²) in [4.78, 5) is 31.6. The normalized spacial score (nSPS) is 18.0. The van der Waals surface area contributed by atoms with Crippen LogP contribution in [0.3, 0.4) is 0 Å². The maximum absolute atomic E-state index is 14.5. The highest BCUT2D eigenvalue weighted by Gasteiger charge is 2.36. The molecule has 33 heavy (non-hydrogen) atoms. The fourth-order valence-electron chi connectivity index (χ4n) is 4.12. The number of aromatic amines is 2. The molecule has 6 nitrogen and oxygen atoms in total. The zero-order valence-electron chi connectivity index (χ0n) is 16.8. The van der Waals surface area contributed by atoms with Crippen molar-refractivity contribution in [1.29, 1.82) is 0 Å². The van der Waals surface area contributed by atoms with Gasteiger partial charge in [0.15, 0.2) is 23.3 Å². The molecule has 3 heterocycles. The second-order valence-electron chi connectivity index (χ2n) is 7.71. The monoisotopic (exact) mass is 463 g/mol. The van der Waals surface area contributed by atoms with Crippen molar-refractivity contribution in [1.82, 2.24) is 14.9 Å². The molecule has 1 amide bonds. The Hall–Kier alpha value is -3.73. The lowest BCUT2D eigenvalue weighted by Gasteiger charge is -2.34. The van der Waals surface area contributed by atoms with Crippen molar-refractivity contribution in [3.63, 3.8) is 0 Å². The van der Waals surface area contributed by atoms with Gasteiger partial charge in [0, 0.05) is 29.6 Å². The van der Waals surface area contributed by atoms with E-state index in [1.54, 1.807) is 0 Å². The number of carbonyl (C=O) groups excluding carboxylic acids is 1. The molecule has 170 valence electrons. The highest BCUT2D eigenvalue weighted by Crippen LogP contribution is 2.39. The van der Waals surface area contributed by atoms with Crippen molar-refractivity contribution in [3.05, 3.63) is 80.9 Å². The van der Waals surface area contributed by atoms with Crippen LogP contribution in [0.25, 0.3) is 21.7 Å². The van der Waals surface area contributed by atoms with Gasteiger partial charge in [-0.05, 0) is 29.7 Å². The lowest BCUT2D eigenvalue weighted by Crippen LogP contribution is -2.38. The average molecular weight is 463 g/mol. The van der Waals surface area contributed by atoms with Crippen LogP contribution in [0.4, 0.5) is 22.0 Å². The van der Waals surface area contributed by atoms with Crippen molar-refractivity contribution >= 4 is 27.6 Å². The minimum absolute atomic E-state index is 0.0209. The van der Waals surface area contributed by atoms with Crippen molar-refractivity contribution in [2.24, 2.45) is 0 Å². The molecule has 0 fully saturated rings. The van der Waals surface area contributed by atoms with Gasteiger partial charge in [-0.2, -0.15) is 0 Å².